The number of hydrogen-bond acceptors (Lipinski definition) is 5. The lowest BCUT2D eigenvalue weighted by atomic mass is 9.85. The molecule has 27 heavy (non-hydrogen) atoms. The predicted molar refractivity (Wildman–Crippen MR) is 102 cm³/mol. The van der Waals surface area contributed by atoms with E-state index in [0.717, 1.165) is 44.8 Å². The molecule has 1 aromatic heterocycles. The molecule has 1 unspecified atom stereocenters. The van der Waals surface area contributed by atoms with Crippen LogP contribution in [0.4, 0.5) is 10.6 Å². The van der Waals surface area contributed by atoms with Gasteiger partial charge in [0.2, 0.25) is 0 Å². The lowest BCUT2D eigenvalue weighted by Gasteiger charge is -2.49. The van der Waals surface area contributed by atoms with Gasteiger partial charge in [0.15, 0.2) is 0 Å². The molecule has 0 spiro atoms. The molecule has 8 nitrogen and oxygen atoms in total. The third-order valence-electron chi connectivity index (χ3n) is 6.64. The number of aryl methyl sites for hydroxylation is 1. The zero-order chi connectivity index (χ0) is 19.0. The number of anilines is 1. The molecule has 3 heterocycles. The van der Waals surface area contributed by atoms with Crippen molar-refractivity contribution in [3.63, 3.8) is 0 Å². The lowest BCUT2D eigenvalue weighted by Crippen LogP contribution is -2.61. The Morgan fingerprint density at radius 3 is 2.44 bits per heavy atom. The summed E-state index contributed by atoms with van der Waals surface area (Å²) in [4.78, 5) is 29.7. The van der Waals surface area contributed by atoms with E-state index in [1.54, 1.807) is 24.1 Å². The molecule has 2 saturated heterocycles. The Hall–Kier alpha value is -2.09. The summed E-state index contributed by atoms with van der Waals surface area (Å²) in [6, 6.07) is 4.09. The molecule has 3 aliphatic rings. The molecule has 1 amide bonds. The van der Waals surface area contributed by atoms with E-state index in [1.807, 2.05) is 0 Å². The third kappa shape index (κ3) is 3.67. The minimum Gasteiger partial charge on any atom is -0.465 e. The average Bonchev–Trinajstić information content (AvgIpc) is 2.62. The zero-order valence-corrected chi connectivity index (χ0v) is 16.0. The first-order chi connectivity index (χ1) is 13.0. The van der Waals surface area contributed by atoms with Crippen molar-refractivity contribution in [2.45, 2.75) is 44.2 Å². The fourth-order valence-electron chi connectivity index (χ4n) is 4.73. The van der Waals surface area contributed by atoms with Crippen LogP contribution >= 0.6 is 0 Å². The van der Waals surface area contributed by atoms with Gasteiger partial charge in [-0.1, -0.05) is 6.42 Å². The Morgan fingerprint density at radius 1 is 1.11 bits per heavy atom. The topological polar surface area (TPSA) is 81.9 Å². The Bertz CT molecular complexity index is 739. The summed E-state index contributed by atoms with van der Waals surface area (Å²) in [7, 11) is 1.67. The van der Waals surface area contributed by atoms with E-state index in [9.17, 15) is 14.7 Å². The summed E-state index contributed by atoms with van der Waals surface area (Å²) >= 11 is 0. The van der Waals surface area contributed by atoms with Gasteiger partial charge in [0.05, 0.1) is 6.04 Å². The van der Waals surface area contributed by atoms with Gasteiger partial charge in [-0.05, 0) is 37.7 Å². The maximum Gasteiger partial charge on any atom is 0.407 e. The van der Waals surface area contributed by atoms with Crippen LogP contribution in [0, 0.1) is 5.92 Å². The Labute approximate surface area is 159 Å². The van der Waals surface area contributed by atoms with Gasteiger partial charge in [-0.2, -0.15) is 5.10 Å². The van der Waals surface area contributed by atoms with Crippen molar-refractivity contribution in [3.8, 4) is 0 Å². The Morgan fingerprint density at radius 2 is 1.85 bits per heavy atom. The van der Waals surface area contributed by atoms with Crippen molar-refractivity contribution in [3.05, 3.63) is 22.5 Å². The van der Waals surface area contributed by atoms with Gasteiger partial charge in [0, 0.05) is 51.9 Å². The number of carboxylic acid groups (broad SMARTS) is 1. The average molecular weight is 375 g/mol. The van der Waals surface area contributed by atoms with Crippen molar-refractivity contribution in [1.82, 2.24) is 19.6 Å². The number of aromatic nitrogens is 2. The van der Waals surface area contributed by atoms with Crippen LogP contribution in [-0.2, 0) is 7.05 Å². The summed E-state index contributed by atoms with van der Waals surface area (Å²) in [6.45, 7) is 4.07. The number of amides is 1. The zero-order valence-electron chi connectivity index (χ0n) is 16.0. The van der Waals surface area contributed by atoms with Crippen molar-refractivity contribution in [2.24, 2.45) is 13.0 Å². The fourth-order valence-corrected chi connectivity index (χ4v) is 4.73. The van der Waals surface area contributed by atoms with Crippen LogP contribution in [0.1, 0.15) is 32.1 Å². The molecule has 8 heteroatoms. The molecule has 1 saturated carbocycles. The van der Waals surface area contributed by atoms with Gasteiger partial charge in [-0.3, -0.25) is 9.69 Å². The first kappa shape index (κ1) is 18.3. The molecule has 4 rings (SSSR count). The van der Waals surface area contributed by atoms with E-state index in [4.69, 9.17) is 0 Å². The molecular formula is C19H29N5O3. The summed E-state index contributed by atoms with van der Waals surface area (Å²) in [5.74, 6) is 1.21. The molecular weight excluding hydrogens is 346 g/mol. The van der Waals surface area contributed by atoms with Gasteiger partial charge in [-0.15, -0.1) is 0 Å². The smallest absolute Gasteiger partial charge is 0.407 e. The first-order valence-electron chi connectivity index (χ1n) is 10.1. The van der Waals surface area contributed by atoms with Crippen LogP contribution < -0.4 is 10.5 Å². The van der Waals surface area contributed by atoms with E-state index < -0.39 is 6.09 Å². The molecule has 1 aliphatic carbocycles. The van der Waals surface area contributed by atoms with Crippen LogP contribution in [0.2, 0.25) is 0 Å². The molecule has 1 N–H and O–H groups in total. The second-order valence-corrected chi connectivity index (χ2v) is 8.10. The van der Waals surface area contributed by atoms with E-state index >= 15 is 0 Å². The SMILES string of the molecule is Cn1nc(N2CCC(C3CN(C4CCC4)CCN3C(=O)O)CC2)ccc1=O. The van der Waals surface area contributed by atoms with Gasteiger partial charge < -0.3 is 14.9 Å². The van der Waals surface area contributed by atoms with Crippen molar-refractivity contribution >= 4 is 11.9 Å². The highest BCUT2D eigenvalue weighted by atomic mass is 16.4. The number of piperidine rings is 1. The highest BCUT2D eigenvalue weighted by molar-refractivity contribution is 5.65. The molecule has 1 aromatic rings. The first-order valence-corrected chi connectivity index (χ1v) is 10.1. The third-order valence-corrected chi connectivity index (χ3v) is 6.64. The number of hydrogen-bond donors (Lipinski definition) is 1. The van der Waals surface area contributed by atoms with Crippen LogP contribution in [-0.4, -0.2) is 75.6 Å². The van der Waals surface area contributed by atoms with E-state index in [2.05, 4.69) is 14.9 Å². The van der Waals surface area contributed by atoms with Gasteiger partial charge in [0.1, 0.15) is 5.82 Å². The Kier molecular flexibility index (Phi) is 5.08. The normalized spacial score (nSPS) is 25.4. The minimum absolute atomic E-state index is 0.0899. The largest absolute Gasteiger partial charge is 0.465 e. The maximum atomic E-state index is 11.8. The van der Waals surface area contributed by atoms with Gasteiger partial charge >= 0.3 is 6.09 Å². The summed E-state index contributed by atoms with van der Waals surface area (Å²) in [5, 5.41) is 14.0. The summed E-state index contributed by atoms with van der Waals surface area (Å²) < 4.78 is 1.37. The standard InChI is InChI=1S/C19H29N5O3/c1-21-18(25)6-5-17(20-21)22-9-7-14(8-10-22)16-13-23(15-3-2-4-15)11-12-24(16)19(26)27/h5-6,14-16H,2-4,7-13H2,1H3,(H,26,27). The number of nitrogens with zero attached hydrogens (tertiary/aromatic N) is 5. The maximum absolute atomic E-state index is 11.8. The van der Waals surface area contributed by atoms with E-state index in [1.165, 1.54) is 23.9 Å². The highest BCUT2D eigenvalue weighted by Gasteiger charge is 2.40. The molecule has 0 radical (unpaired) electrons. The molecule has 148 valence electrons. The number of rotatable bonds is 3. The van der Waals surface area contributed by atoms with Crippen molar-refractivity contribution in [2.75, 3.05) is 37.6 Å². The molecule has 0 bridgehead atoms. The van der Waals surface area contributed by atoms with Crippen LogP contribution in [0.25, 0.3) is 0 Å². The Balaban J connectivity index is 1.42. The lowest BCUT2D eigenvalue weighted by molar-refractivity contribution is 0.00372. The number of carbonyl (C=O) groups is 1. The summed E-state index contributed by atoms with van der Waals surface area (Å²) in [5.41, 5.74) is -0.107. The monoisotopic (exact) mass is 375 g/mol. The van der Waals surface area contributed by atoms with Crippen molar-refractivity contribution in [1.29, 1.82) is 0 Å². The second kappa shape index (κ2) is 7.50. The number of piperazine rings is 1. The highest BCUT2D eigenvalue weighted by Crippen LogP contribution is 2.32. The molecule has 2 aliphatic heterocycles. The quantitative estimate of drug-likeness (QED) is 0.855. The van der Waals surface area contributed by atoms with Crippen LogP contribution in [0.5, 0.6) is 0 Å². The predicted octanol–water partition coefficient (Wildman–Crippen LogP) is 1.21. The molecule has 0 aromatic carbocycles. The fraction of sp³-hybridized carbons (Fsp3) is 0.737. The van der Waals surface area contributed by atoms with Gasteiger partial charge in [0.25, 0.3) is 5.56 Å². The van der Waals surface area contributed by atoms with Crippen molar-refractivity contribution < 1.29 is 9.90 Å². The minimum atomic E-state index is -0.782. The summed E-state index contributed by atoms with van der Waals surface area (Å²) in [6.07, 6.45) is 4.96. The second-order valence-electron chi connectivity index (χ2n) is 8.10. The van der Waals surface area contributed by atoms with Gasteiger partial charge in [-0.25, -0.2) is 9.48 Å². The molecule has 1 atom stereocenters. The van der Waals surface area contributed by atoms with Crippen LogP contribution in [0.3, 0.4) is 0 Å². The van der Waals surface area contributed by atoms with E-state index in [0.29, 0.717) is 18.5 Å². The van der Waals surface area contributed by atoms with Crippen LogP contribution in [0.15, 0.2) is 16.9 Å². The van der Waals surface area contributed by atoms with E-state index in [-0.39, 0.29) is 11.6 Å². The molecule has 3 fully saturated rings.